The number of nitrogens with zero attached hydrogens (tertiary/aromatic N) is 3. The van der Waals surface area contributed by atoms with Crippen LogP contribution < -0.4 is 0 Å². The molecule has 0 fully saturated rings. The lowest BCUT2D eigenvalue weighted by Crippen LogP contribution is -2.20. The fourth-order valence-corrected chi connectivity index (χ4v) is 1.11. The predicted octanol–water partition coefficient (Wildman–Crippen LogP) is 1.07. The number of imidazole rings is 1. The Labute approximate surface area is 85.5 Å². The van der Waals surface area contributed by atoms with Crippen molar-refractivity contribution < 1.29 is 14.8 Å². The summed E-state index contributed by atoms with van der Waals surface area (Å²) in [6.45, 7) is 3.21. The minimum Gasteiger partial charge on any atom is -0.481 e. The van der Waals surface area contributed by atoms with E-state index in [4.69, 9.17) is 5.11 Å². The van der Waals surface area contributed by atoms with Crippen LogP contribution in [0.1, 0.15) is 19.9 Å². The summed E-state index contributed by atoms with van der Waals surface area (Å²) < 4.78 is 1.43. The van der Waals surface area contributed by atoms with Crippen LogP contribution in [-0.2, 0) is 4.79 Å². The number of nitro groups is 1. The summed E-state index contributed by atoms with van der Waals surface area (Å²) in [6, 6.07) is -0.372. The van der Waals surface area contributed by atoms with Gasteiger partial charge in [0.1, 0.15) is 6.20 Å². The molecule has 0 aliphatic heterocycles. The first kappa shape index (κ1) is 11.2. The number of hydrogen-bond acceptors (Lipinski definition) is 4. The third kappa shape index (κ3) is 2.30. The van der Waals surface area contributed by atoms with Crippen LogP contribution in [0.15, 0.2) is 12.5 Å². The lowest BCUT2D eigenvalue weighted by atomic mass is 10.0. The van der Waals surface area contributed by atoms with Crippen molar-refractivity contribution in [1.82, 2.24) is 9.55 Å². The van der Waals surface area contributed by atoms with Gasteiger partial charge in [0.15, 0.2) is 0 Å². The molecule has 0 saturated heterocycles. The van der Waals surface area contributed by atoms with Gasteiger partial charge in [0.25, 0.3) is 0 Å². The van der Waals surface area contributed by atoms with Crippen molar-refractivity contribution >= 4 is 11.8 Å². The quantitative estimate of drug-likeness (QED) is 0.595. The van der Waals surface area contributed by atoms with Crippen molar-refractivity contribution in [2.24, 2.45) is 5.92 Å². The number of aliphatic carboxylic acids is 1. The van der Waals surface area contributed by atoms with Crippen LogP contribution in [-0.4, -0.2) is 25.6 Å². The first-order chi connectivity index (χ1) is 6.93. The highest BCUT2D eigenvalue weighted by Crippen LogP contribution is 2.19. The minimum absolute atomic E-state index is 0.278. The molecular formula is C8H11N3O4. The first-order valence-electron chi connectivity index (χ1n) is 4.34. The lowest BCUT2D eigenvalue weighted by molar-refractivity contribution is -0.389. The molecule has 0 spiro atoms. The largest absolute Gasteiger partial charge is 0.481 e. The molecule has 0 aliphatic rings. The van der Waals surface area contributed by atoms with Crippen LogP contribution in [0, 0.1) is 16.0 Å². The van der Waals surface area contributed by atoms with Crippen molar-refractivity contribution in [3.05, 3.63) is 22.6 Å². The van der Waals surface area contributed by atoms with E-state index in [0.29, 0.717) is 0 Å². The number of carboxylic acids is 1. The van der Waals surface area contributed by atoms with Crippen LogP contribution in [0.25, 0.3) is 0 Å². The molecule has 0 saturated carbocycles. The standard InChI is InChI=1S/C8H11N3O4/c1-5(8(12)13)6(2)10-3-7(9-4-10)11(14)15/h3-6H,1-2H3,(H,12,13). The smallest absolute Gasteiger partial charge is 0.381 e. The molecule has 7 nitrogen and oxygen atoms in total. The van der Waals surface area contributed by atoms with Crippen LogP contribution >= 0.6 is 0 Å². The zero-order chi connectivity index (χ0) is 11.6. The molecule has 0 aromatic carbocycles. The van der Waals surface area contributed by atoms with E-state index in [9.17, 15) is 14.9 Å². The summed E-state index contributed by atoms with van der Waals surface area (Å²) in [5, 5.41) is 19.1. The Morgan fingerprint density at radius 3 is 2.67 bits per heavy atom. The molecule has 0 amide bonds. The van der Waals surface area contributed by atoms with Gasteiger partial charge in [-0.2, -0.15) is 0 Å². The van der Waals surface area contributed by atoms with Gasteiger partial charge in [-0.1, -0.05) is 0 Å². The van der Waals surface area contributed by atoms with E-state index in [1.165, 1.54) is 17.1 Å². The van der Waals surface area contributed by atoms with Crippen molar-refractivity contribution in [3.63, 3.8) is 0 Å². The van der Waals surface area contributed by atoms with Crippen LogP contribution in [0.2, 0.25) is 0 Å². The third-order valence-corrected chi connectivity index (χ3v) is 2.36. The normalized spacial score (nSPS) is 14.5. The summed E-state index contributed by atoms with van der Waals surface area (Å²) in [5.74, 6) is -1.85. The summed E-state index contributed by atoms with van der Waals surface area (Å²) in [6.07, 6.45) is 2.49. The van der Waals surface area contributed by atoms with E-state index >= 15 is 0 Å². The monoisotopic (exact) mass is 213 g/mol. The van der Waals surface area contributed by atoms with Gasteiger partial charge in [-0.05, 0) is 23.8 Å². The topological polar surface area (TPSA) is 98.3 Å². The molecule has 1 aromatic rings. The van der Waals surface area contributed by atoms with Gasteiger partial charge in [-0.15, -0.1) is 0 Å². The third-order valence-electron chi connectivity index (χ3n) is 2.36. The zero-order valence-corrected chi connectivity index (χ0v) is 8.32. The Kier molecular flexibility index (Phi) is 3.03. The molecule has 2 unspecified atom stereocenters. The summed E-state index contributed by atoms with van der Waals surface area (Å²) in [5.41, 5.74) is 0. The van der Waals surface area contributed by atoms with E-state index < -0.39 is 16.8 Å². The Bertz CT molecular complexity index is 387. The molecular weight excluding hydrogens is 202 g/mol. The maximum absolute atomic E-state index is 10.7. The lowest BCUT2D eigenvalue weighted by Gasteiger charge is -2.15. The minimum atomic E-state index is -0.946. The second-order valence-electron chi connectivity index (χ2n) is 3.30. The van der Waals surface area contributed by atoms with Crippen LogP contribution in [0.4, 0.5) is 5.82 Å². The first-order valence-corrected chi connectivity index (χ1v) is 4.34. The van der Waals surface area contributed by atoms with Gasteiger partial charge in [-0.25, -0.2) is 0 Å². The number of carboxylic acid groups (broad SMARTS) is 1. The highest BCUT2D eigenvalue weighted by Gasteiger charge is 2.23. The zero-order valence-electron chi connectivity index (χ0n) is 8.32. The van der Waals surface area contributed by atoms with Gasteiger partial charge in [0.05, 0.1) is 5.92 Å². The maximum Gasteiger partial charge on any atom is 0.381 e. The van der Waals surface area contributed by atoms with Gasteiger partial charge < -0.3 is 19.8 Å². The van der Waals surface area contributed by atoms with E-state index in [0.717, 1.165) is 0 Å². The molecule has 1 heterocycles. The van der Waals surface area contributed by atoms with Crippen molar-refractivity contribution in [1.29, 1.82) is 0 Å². The number of aromatic nitrogens is 2. The molecule has 7 heteroatoms. The second kappa shape index (κ2) is 4.07. The molecule has 2 atom stereocenters. The Morgan fingerprint density at radius 1 is 1.67 bits per heavy atom. The van der Waals surface area contributed by atoms with E-state index in [1.807, 2.05) is 0 Å². The highest BCUT2D eigenvalue weighted by molar-refractivity contribution is 5.70. The van der Waals surface area contributed by atoms with Gasteiger partial charge in [-0.3, -0.25) is 4.79 Å². The summed E-state index contributed by atoms with van der Waals surface area (Å²) in [4.78, 5) is 24.0. The molecule has 1 N–H and O–H groups in total. The fourth-order valence-electron chi connectivity index (χ4n) is 1.11. The van der Waals surface area contributed by atoms with E-state index in [1.54, 1.807) is 13.8 Å². The molecule has 0 radical (unpaired) electrons. The van der Waals surface area contributed by atoms with Crippen LogP contribution in [0.5, 0.6) is 0 Å². The summed E-state index contributed by atoms with van der Waals surface area (Å²) >= 11 is 0. The number of rotatable bonds is 4. The second-order valence-corrected chi connectivity index (χ2v) is 3.30. The van der Waals surface area contributed by atoms with E-state index in [2.05, 4.69) is 4.98 Å². The van der Waals surface area contributed by atoms with Crippen LogP contribution in [0.3, 0.4) is 0 Å². The summed E-state index contributed by atoms with van der Waals surface area (Å²) in [7, 11) is 0. The molecule has 1 rings (SSSR count). The Morgan fingerprint density at radius 2 is 2.27 bits per heavy atom. The van der Waals surface area contributed by atoms with Gasteiger partial charge >= 0.3 is 11.8 Å². The average Bonchev–Trinajstić information content (AvgIpc) is 2.64. The van der Waals surface area contributed by atoms with Crippen molar-refractivity contribution in [2.75, 3.05) is 0 Å². The molecule has 0 aliphatic carbocycles. The highest BCUT2D eigenvalue weighted by atomic mass is 16.6. The molecule has 15 heavy (non-hydrogen) atoms. The molecule has 1 aromatic heterocycles. The number of carbonyl (C=O) groups is 1. The van der Waals surface area contributed by atoms with Crippen molar-refractivity contribution in [2.45, 2.75) is 19.9 Å². The average molecular weight is 213 g/mol. The number of hydrogen-bond donors (Lipinski definition) is 1. The SMILES string of the molecule is CC(C(=O)O)C(C)n1cnc([N+](=O)[O-])c1. The maximum atomic E-state index is 10.7. The Hall–Kier alpha value is -1.92. The Balaban J connectivity index is 2.87. The molecule has 82 valence electrons. The fraction of sp³-hybridized carbons (Fsp3) is 0.500. The van der Waals surface area contributed by atoms with Gasteiger partial charge in [0.2, 0.25) is 6.33 Å². The molecule has 0 bridgehead atoms. The predicted molar refractivity (Wildman–Crippen MR) is 50.4 cm³/mol. The van der Waals surface area contributed by atoms with E-state index in [-0.39, 0.29) is 11.9 Å². The van der Waals surface area contributed by atoms with Crippen molar-refractivity contribution in [3.8, 4) is 0 Å². The van der Waals surface area contributed by atoms with Gasteiger partial charge in [0, 0.05) is 6.04 Å².